The Morgan fingerprint density at radius 2 is 2.14 bits per heavy atom. The van der Waals surface area contributed by atoms with E-state index in [0.29, 0.717) is 5.92 Å². The number of nitrogens with two attached hydrogens (primary N) is 1. The molecule has 0 spiro atoms. The summed E-state index contributed by atoms with van der Waals surface area (Å²) in [6.45, 7) is 2.08. The third-order valence-electron chi connectivity index (χ3n) is 3.25. The normalized spacial score (nSPS) is 19.1. The molecule has 76 valence electrons. The smallest absolute Gasteiger partial charge is 0.0408 e. The van der Waals surface area contributed by atoms with E-state index in [1.54, 1.807) is 0 Å². The second-order valence-corrected chi connectivity index (χ2v) is 4.65. The van der Waals surface area contributed by atoms with Gasteiger partial charge in [0.1, 0.15) is 0 Å². The van der Waals surface area contributed by atoms with Crippen molar-refractivity contribution in [2.45, 2.75) is 32.2 Å². The van der Waals surface area contributed by atoms with Crippen LogP contribution in [0.15, 0.2) is 18.2 Å². The summed E-state index contributed by atoms with van der Waals surface area (Å²) >= 11 is 5.91. The van der Waals surface area contributed by atoms with E-state index in [1.165, 1.54) is 30.4 Å². The number of hydrogen-bond donors (Lipinski definition) is 1. The number of hydrogen-bond acceptors (Lipinski definition) is 1. The van der Waals surface area contributed by atoms with Crippen molar-refractivity contribution in [2.75, 3.05) is 0 Å². The molecule has 2 N–H and O–H groups in total. The Morgan fingerprint density at radius 3 is 2.64 bits per heavy atom. The molecule has 0 bridgehead atoms. The number of benzene rings is 1. The van der Waals surface area contributed by atoms with Gasteiger partial charge in [-0.2, -0.15) is 0 Å². The third-order valence-corrected chi connectivity index (χ3v) is 3.48. The Bertz CT molecular complexity index is 331. The predicted octanol–water partition coefficient (Wildman–Crippen LogP) is 3.45. The standard InChI is InChI=1S/C12H16ClN/c1-8-7-10(13)5-6-11(8)12(14)9-3-2-4-9/h5-7,9,12H,2-4,14H2,1H3. The van der Waals surface area contributed by atoms with E-state index < -0.39 is 0 Å². The quantitative estimate of drug-likeness (QED) is 0.794. The van der Waals surface area contributed by atoms with E-state index in [0.717, 1.165) is 5.02 Å². The molecule has 1 fully saturated rings. The summed E-state index contributed by atoms with van der Waals surface area (Å²) < 4.78 is 0. The van der Waals surface area contributed by atoms with Gasteiger partial charge < -0.3 is 5.73 Å². The second-order valence-electron chi connectivity index (χ2n) is 4.22. The molecule has 1 aromatic carbocycles. The van der Waals surface area contributed by atoms with Crippen molar-refractivity contribution in [2.24, 2.45) is 11.7 Å². The summed E-state index contributed by atoms with van der Waals surface area (Å²) in [5.74, 6) is 0.690. The van der Waals surface area contributed by atoms with Gasteiger partial charge in [-0.3, -0.25) is 0 Å². The minimum absolute atomic E-state index is 0.209. The maximum atomic E-state index is 6.21. The Labute approximate surface area is 90.3 Å². The molecule has 1 unspecified atom stereocenters. The Morgan fingerprint density at radius 1 is 1.43 bits per heavy atom. The van der Waals surface area contributed by atoms with Crippen LogP contribution in [0.5, 0.6) is 0 Å². The van der Waals surface area contributed by atoms with Crippen molar-refractivity contribution in [1.29, 1.82) is 0 Å². The van der Waals surface area contributed by atoms with Gasteiger partial charge in [0.25, 0.3) is 0 Å². The van der Waals surface area contributed by atoms with Crippen LogP contribution in [0, 0.1) is 12.8 Å². The van der Waals surface area contributed by atoms with Gasteiger partial charge in [-0.05, 0) is 48.9 Å². The molecule has 1 aromatic rings. The summed E-state index contributed by atoms with van der Waals surface area (Å²) in [7, 11) is 0. The molecule has 2 rings (SSSR count). The molecule has 1 nitrogen and oxygen atoms in total. The molecule has 0 radical (unpaired) electrons. The van der Waals surface area contributed by atoms with E-state index >= 15 is 0 Å². The number of rotatable bonds is 2. The van der Waals surface area contributed by atoms with Crippen LogP contribution in [-0.2, 0) is 0 Å². The summed E-state index contributed by atoms with van der Waals surface area (Å²) in [5, 5.41) is 0.798. The fraction of sp³-hybridized carbons (Fsp3) is 0.500. The lowest BCUT2D eigenvalue weighted by Gasteiger charge is -2.32. The van der Waals surface area contributed by atoms with Crippen LogP contribution in [-0.4, -0.2) is 0 Å². The topological polar surface area (TPSA) is 26.0 Å². The molecule has 0 amide bonds. The molecule has 0 heterocycles. The van der Waals surface area contributed by atoms with Crippen molar-refractivity contribution in [3.63, 3.8) is 0 Å². The maximum absolute atomic E-state index is 6.21. The van der Waals surface area contributed by atoms with Crippen LogP contribution in [0.25, 0.3) is 0 Å². The lowest BCUT2D eigenvalue weighted by Crippen LogP contribution is -2.27. The molecule has 0 saturated heterocycles. The average Bonchev–Trinajstić information content (AvgIpc) is 2.00. The highest BCUT2D eigenvalue weighted by atomic mass is 35.5. The lowest BCUT2D eigenvalue weighted by molar-refractivity contribution is 0.264. The van der Waals surface area contributed by atoms with Crippen LogP contribution in [0.4, 0.5) is 0 Å². The molecule has 14 heavy (non-hydrogen) atoms. The van der Waals surface area contributed by atoms with E-state index in [9.17, 15) is 0 Å². The molecule has 0 aliphatic heterocycles. The SMILES string of the molecule is Cc1cc(Cl)ccc1C(N)C1CCC1. The first-order valence-corrected chi connectivity index (χ1v) is 5.58. The van der Waals surface area contributed by atoms with Crippen molar-refractivity contribution in [3.8, 4) is 0 Å². The molecule has 1 aliphatic rings. The fourth-order valence-electron chi connectivity index (χ4n) is 2.07. The zero-order valence-corrected chi connectivity index (χ0v) is 9.22. The average molecular weight is 210 g/mol. The number of aryl methyl sites for hydroxylation is 1. The Hall–Kier alpha value is -0.530. The van der Waals surface area contributed by atoms with E-state index in [2.05, 4.69) is 13.0 Å². The van der Waals surface area contributed by atoms with E-state index in [1.807, 2.05) is 12.1 Å². The highest BCUT2D eigenvalue weighted by molar-refractivity contribution is 6.30. The van der Waals surface area contributed by atoms with Crippen molar-refractivity contribution < 1.29 is 0 Å². The third kappa shape index (κ3) is 1.79. The summed E-state index contributed by atoms with van der Waals surface area (Å²) in [6, 6.07) is 6.21. The minimum Gasteiger partial charge on any atom is -0.324 e. The van der Waals surface area contributed by atoms with Gasteiger partial charge in [0.2, 0.25) is 0 Å². The zero-order valence-electron chi connectivity index (χ0n) is 8.46. The van der Waals surface area contributed by atoms with Gasteiger partial charge in [0.05, 0.1) is 0 Å². The second kappa shape index (κ2) is 3.92. The van der Waals surface area contributed by atoms with Crippen LogP contribution >= 0.6 is 11.6 Å². The van der Waals surface area contributed by atoms with Crippen LogP contribution in [0.1, 0.15) is 36.4 Å². The first kappa shape index (κ1) is 10.0. The predicted molar refractivity (Wildman–Crippen MR) is 60.5 cm³/mol. The fourth-order valence-corrected chi connectivity index (χ4v) is 2.29. The zero-order chi connectivity index (χ0) is 10.1. The monoisotopic (exact) mass is 209 g/mol. The van der Waals surface area contributed by atoms with Crippen LogP contribution < -0.4 is 5.73 Å². The molecular formula is C12H16ClN. The van der Waals surface area contributed by atoms with E-state index in [-0.39, 0.29) is 6.04 Å². The van der Waals surface area contributed by atoms with Crippen LogP contribution in [0.2, 0.25) is 5.02 Å². The van der Waals surface area contributed by atoms with Gasteiger partial charge in [-0.25, -0.2) is 0 Å². The largest absolute Gasteiger partial charge is 0.324 e. The minimum atomic E-state index is 0.209. The highest BCUT2D eigenvalue weighted by Gasteiger charge is 2.26. The molecule has 2 heteroatoms. The number of halogens is 1. The van der Waals surface area contributed by atoms with Gasteiger partial charge in [-0.15, -0.1) is 0 Å². The summed E-state index contributed by atoms with van der Waals surface area (Å²) in [6.07, 6.45) is 3.90. The summed E-state index contributed by atoms with van der Waals surface area (Å²) in [5.41, 5.74) is 8.69. The van der Waals surface area contributed by atoms with E-state index in [4.69, 9.17) is 17.3 Å². The Kier molecular flexibility index (Phi) is 2.80. The highest BCUT2D eigenvalue weighted by Crippen LogP contribution is 2.37. The molecule has 1 saturated carbocycles. The van der Waals surface area contributed by atoms with Gasteiger partial charge in [0, 0.05) is 11.1 Å². The molecule has 0 aromatic heterocycles. The maximum Gasteiger partial charge on any atom is 0.0408 e. The van der Waals surface area contributed by atoms with Crippen LogP contribution in [0.3, 0.4) is 0 Å². The first-order chi connectivity index (χ1) is 6.68. The lowest BCUT2D eigenvalue weighted by atomic mass is 9.77. The van der Waals surface area contributed by atoms with Gasteiger partial charge in [-0.1, -0.05) is 24.1 Å². The van der Waals surface area contributed by atoms with Gasteiger partial charge >= 0.3 is 0 Å². The van der Waals surface area contributed by atoms with Crippen molar-refractivity contribution >= 4 is 11.6 Å². The van der Waals surface area contributed by atoms with Gasteiger partial charge in [0.15, 0.2) is 0 Å². The van der Waals surface area contributed by atoms with Crippen molar-refractivity contribution in [1.82, 2.24) is 0 Å². The molecule has 1 aliphatic carbocycles. The molecule has 1 atom stereocenters. The Balaban J connectivity index is 2.22. The van der Waals surface area contributed by atoms with Crippen molar-refractivity contribution in [3.05, 3.63) is 34.3 Å². The first-order valence-electron chi connectivity index (χ1n) is 5.20. The molecular weight excluding hydrogens is 194 g/mol. The summed E-state index contributed by atoms with van der Waals surface area (Å²) in [4.78, 5) is 0.